The quantitative estimate of drug-likeness (QED) is 0.792. The van der Waals surface area contributed by atoms with Crippen molar-refractivity contribution < 1.29 is 9.59 Å². The molecule has 0 radical (unpaired) electrons. The lowest BCUT2D eigenvalue weighted by atomic mass is 10.1. The van der Waals surface area contributed by atoms with E-state index < -0.39 is 0 Å². The fourth-order valence-corrected chi connectivity index (χ4v) is 2.87. The van der Waals surface area contributed by atoms with Crippen LogP contribution in [-0.2, 0) is 16.0 Å². The summed E-state index contributed by atoms with van der Waals surface area (Å²) in [5.74, 6) is -0.334. The first-order valence-corrected chi connectivity index (χ1v) is 8.82. The van der Waals surface area contributed by atoms with Gasteiger partial charge in [-0.3, -0.25) is 9.59 Å². The largest absolute Gasteiger partial charge is 0.361 e. The summed E-state index contributed by atoms with van der Waals surface area (Å²) in [6.07, 6.45) is 2.61. The minimum absolute atomic E-state index is 0.141. The molecule has 2 amide bonds. The molecule has 0 spiro atoms. The van der Waals surface area contributed by atoms with E-state index in [0.717, 1.165) is 12.1 Å². The van der Waals surface area contributed by atoms with Crippen molar-refractivity contribution in [3.63, 3.8) is 0 Å². The lowest BCUT2D eigenvalue weighted by Gasteiger charge is -2.13. The molecule has 0 saturated heterocycles. The molecule has 6 heteroatoms. The number of hydrazone groups is 1. The average molecular weight is 362 g/mol. The first kappa shape index (κ1) is 18.4. The molecular formula is C21H22N4O2. The number of anilines is 3. The van der Waals surface area contributed by atoms with E-state index in [1.54, 1.807) is 30.5 Å². The normalized spacial score (nSPS) is 15.1. The molecule has 6 nitrogen and oxygen atoms in total. The van der Waals surface area contributed by atoms with Crippen molar-refractivity contribution in [3.8, 4) is 0 Å². The number of rotatable bonds is 5. The van der Waals surface area contributed by atoms with E-state index in [0.29, 0.717) is 22.7 Å². The highest BCUT2D eigenvalue weighted by molar-refractivity contribution is 6.29. The molecule has 2 aromatic carbocycles. The molecule has 1 aliphatic rings. The zero-order valence-electron chi connectivity index (χ0n) is 15.6. The molecule has 0 unspecified atom stereocenters. The first-order chi connectivity index (χ1) is 13.0. The van der Waals surface area contributed by atoms with Gasteiger partial charge in [-0.2, -0.15) is 10.1 Å². The van der Waals surface area contributed by atoms with Crippen molar-refractivity contribution in [1.29, 1.82) is 0 Å². The second-order valence-corrected chi connectivity index (χ2v) is 6.24. The van der Waals surface area contributed by atoms with Gasteiger partial charge in [0.25, 0.3) is 5.91 Å². The van der Waals surface area contributed by atoms with Crippen LogP contribution in [0.2, 0.25) is 0 Å². The summed E-state index contributed by atoms with van der Waals surface area (Å²) in [7, 11) is 0. The Hall–Kier alpha value is -3.41. The number of benzene rings is 2. The molecule has 27 heavy (non-hydrogen) atoms. The van der Waals surface area contributed by atoms with Crippen molar-refractivity contribution in [2.24, 2.45) is 5.10 Å². The van der Waals surface area contributed by atoms with Crippen LogP contribution in [0, 0.1) is 0 Å². The summed E-state index contributed by atoms with van der Waals surface area (Å²) in [6, 6.07) is 15.0. The number of nitrogens with one attached hydrogen (secondary N) is 2. The van der Waals surface area contributed by atoms with Crippen LogP contribution in [0.1, 0.15) is 26.3 Å². The minimum atomic E-state index is -0.193. The Morgan fingerprint density at radius 2 is 1.85 bits per heavy atom. The number of hydrogen-bond donors (Lipinski definition) is 2. The fourth-order valence-electron chi connectivity index (χ4n) is 2.87. The molecule has 2 aromatic rings. The number of amides is 2. The zero-order chi connectivity index (χ0) is 19.4. The third-order valence-corrected chi connectivity index (χ3v) is 4.27. The van der Waals surface area contributed by atoms with Crippen molar-refractivity contribution >= 4 is 34.6 Å². The fraction of sp³-hybridized carbons (Fsp3) is 0.190. The van der Waals surface area contributed by atoms with Crippen LogP contribution in [0.5, 0.6) is 0 Å². The summed E-state index contributed by atoms with van der Waals surface area (Å²) < 4.78 is 0. The summed E-state index contributed by atoms with van der Waals surface area (Å²) in [5.41, 5.74) is 4.64. The van der Waals surface area contributed by atoms with E-state index in [9.17, 15) is 9.59 Å². The van der Waals surface area contributed by atoms with Gasteiger partial charge in [0.1, 0.15) is 0 Å². The summed E-state index contributed by atoms with van der Waals surface area (Å²) in [4.78, 5) is 23.9. The molecule has 1 heterocycles. The molecule has 138 valence electrons. The molecule has 3 rings (SSSR count). The molecule has 0 fully saturated rings. The predicted octanol–water partition coefficient (Wildman–Crippen LogP) is 3.93. The third kappa shape index (κ3) is 4.06. The van der Waals surface area contributed by atoms with Gasteiger partial charge in [0.05, 0.1) is 17.0 Å². The molecule has 0 aliphatic carbocycles. The van der Waals surface area contributed by atoms with E-state index in [4.69, 9.17) is 0 Å². The van der Waals surface area contributed by atoms with Crippen molar-refractivity contribution in [2.45, 2.75) is 27.2 Å². The number of carbonyl (C=O) groups is 2. The molecule has 0 saturated carbocycles. The van der Waals surface area contributed by atoms with Gasteiger partial charge in [-0.05, 0) is 49.2 Å². The standard InChI is InChI=1S/C21H22N4O2/c1-4-16-7-5-6-8-20(16)22-13-19-14(2)24-25(21(19)27)18-11-9-17(10-12-18)23-15(3)26/h5-13,22H,4H2,1-3H3,(H,23,26). The van der Waals surface area contributed by atoms with Gasteiger partial charge in [-0.1, -0.05) is 25.1 Å². The lowest BCUT2D eigenvalue weighted by molar-refractivity contribution is -0.115. The van der Waals surface area contributed by atoms with Crippen LogP contribution >= 0.6 is 0 Å². The number of hydrogen-bond acceptors (Lipinski definition) is 4. The Morgan fingerprint density at radius 3 is 2.52 bits per heavy atom. The Bertz CT molecular complexity index is 929. The highest BCUT2D eigenvalue weighted by Crippen LogP contribution is 2.25. The molecular weight excluding hydrogens is 340 g/mol. The second kappa shape index (κ2) is 7.86. The average Bonchev–Trinajstić information content (AvgIpc) is 2.94. The monoisotopic (exact) mass is 362 g/mol. The van der Waals surface area contributed by atoms with Crippen molar-refractivity contribution in [3.05, 3.63) is 65.9 Å². The van der Waals surface area contributed by atoms with Gasteiger partial charge < -0.3 is 10.6 Å². The summed E-state index contributed by atoms with van der Waals surface area (Å²) in [6.45, 7) is 5.35. The lowest BCUT2D eigenvalue weighted by Crippen LogP contribution is -2.21. The molecule has 2 N–H and O–H groups in total. The van der Waals surface area contributed by atoms with Gasteiger partial charge in [-0.15, -0.1) is 0 Å². The first-order valence-electron chi connectivity index (χ1n) is 8.82. The maximum atomic E-state index is 12.8. The topological polar surface area (TPSA) is 73.8 Å². The van der Waals surface area contributed by atoms with Crippen LogP contribution < -0.4 is 15.6 Å². The van der Waals surface area contributed by atoms with E-state index in [-0.39, 0.29) is 11.8 Å². The maximum absolute atomic E-state index is 12.8. The Morgan fingerprint density at radius 1 is 1.15 bits per heavy atom. The zero-order valence-corrected chi connectivity index (χ0v) is 15.6. The van der Waals surface area contributed by atoms with Gasteiger partial charge in [0, 0.05) is 24.5 Å². The van der Waals surface area contributed by atoms with E-state index in [2.05, 4.69) is 28.7 Å². The predicted molar refractivity (Wildman–Crippen MR) is 109 cm³/mol. The molecule has 0 bridgehead atoms. The van der Waals surface area contributed by atoms with Gasteiger partial charge in [0.15, 0.2) is 0 Å². The summed E-state index contributed by atoms with van der Waals surface area (Å²) >= 11 is 0. The number of nitrogens with zero attached hydrogens (tertiary/aromatic N) is 2. The number of aryl methyl sites for hydroxylation is 1. The number of para-hydroxylation sites is 1. The van der Waals surface area contributed by atoms with Crippen molar-refractivity contribution in [1.82, 2.24) is 0 Å². The Balaban J connectivity index is 1.78. The van der Waals surface area contributed by atoms with Crippen LogP contribution in [0.15, 0.2) is 65.4 Å². The van der Waals surface area contributed by atoms with Crippen molar-refractivity contribution in [2.75, 3.05) is 15.6 Å². The van der Waals surface area contributed by atoms with Crippen LogP contribution in [0.25, 0.3) is 0 Å². The van der Waals surface area contributed by atoms with E-state index in [1.807, 2.05) is 25.1 Å². The molecule has 0 atom stereocenters. The molecule has 1 aliphatic heterocycles. The highest BCUT2D eigenvalue weighted by Gasteiger charge is 2.28. The third-order valence-electron chi connectivity index (χ3n) is 4.27. The maximum Gasteiger partial charge on any atom is 0.282 e. The van der Waals surface area contributed by atoms with Gasteiger partial charge >= 0.3 is 0 Å². The summed E-state index contributed by atoms with van der Waals surface area (Å²) in [5, 5.41) is 11.7. The SMILES string of the molecule is CCc1ccccc1NC=C1C(=O)N(c2ccc(NC(C)=O)cc2)N=C1C. The Kier molecular flexibility index (Phi) is 5.35. The molecule has 0 aromatic heterocycles. The second-order valence-electron chi connectivity index (χ2n) is 6.24. The van der Waals surface area contributed by atoms with Crippen LogP contribution in [-0.4, -0.2) is 17.5 Å². The smallest absolute Gasteiger partial charge is 0.282 e. The minimum Gasteiger partial charge on any atom is -0.361 e. The van der Waals surface area contributed by atoms with Crippen LogP contribution in [0.4, 0.5) is 17.1 Å². The van der Waals surface area contributed by atoms with Crippen LogP contribution in [0.3, 0.4) is 0 Å². The van der Waals surface area contributed by atoms with Gasteiger partial charge in [-0.25, -0.2) is 0 Å². The Labute approximate surface area is 158 Å². The number of carbonyl (C=O) groups excluding carboxylic acids is 2. The van der Waals surface area contributed by atoms with Gasteiger partial charge in [0.2, 0.25) is 5.91 Å². The van der Waals surface area contributed by atoms with E-state index in [1.165, 1.54) is 17.5 Å². The van der Waals surface area contributed by atoms with E-state index >= 15 is 0 Å². The highest BCUT2D eigenvalue weighted by atomic mass is 16.2.